The Morgan fingerprint density at radius 1 is 1.28 bits per heavy atom. The molecule has 0 saturated heterocycles. The number of esters is 1. The van der Waals surface area contributed by atoms with Gasteiger partial charge in [-0.05, 0) is 24.5 Å². The molecular weight excluding hydrogens is 252 g/mol. The molecule has 0 N–H and O–H groups in total. The predicted molar refractivity (Wildman–Crippen MR) is 71.1 cm³/mol. The van der Waals surface area contributed by atoms with E-state index >= 15 is 0 Å². The van der Waals surface area contributed by atoms with Crippen LogP contribution in [0, 0.1) is 0 Å². The number of carbonyl (C=O) groups excluding carboxylic acids is 2. The van der Waals surface area contributed by atoms with Gasteiger partial charge in [0.25, 0.3) is 0 Å². The second-order valence-electron chi connectivity index (χ2n) is 5.24. The largest absolute Gasteiger partial charge is 0.426 e. The molecule has 0 heterocycles. The molecule has 0 amide bonds. The van der Waals surface area contributed by atoms with E-state index in [4.69, 9.17) is 16.3 Å². The molecule has 1 aromatic rings. The smallest absolute Gasteiger partial charge is 0.318 e. The summed E-state index contributed by atoms with van der Waals surface area (Å²) >= 11 is 5.90. The third kappa shape index (κ3) is 4.15. The average Bonchev–Trinajstić information content (AvgIpc) is 2.13. The van der Waals surface area contributed by atoms with Crippen LogP contribution in [0.1, 0.15) is 39.7 Å². The molecular formula is C14H17ClO3. The fraction of sp³-hybridized carbons (Fsp3) is 0.429. The lowest BCUT2D eigenvalue weighted by atomic mass is 9.86. The molecule has 0 radical (unpaired) electrons. The van der Waals surface area contributed by atoms with Crippen LogP contribution in [0.3, 0.4) is 0 Å². The van der Waals surface area contributed by atoms with Crippen LogP contribution in [0.15, 0.2) is 18.2 Å². The van der Waals surface area contributed by atoms with Gasteiger partial charge in [-0.3, -0.25) is 9.59 Å². The van der Waals surface area contributed by atoms with Gasteiger partial charge in [-0.1, -0.05) is 38.4 Å². The van der Waals surface area contributed by atoms with E-state index in [2.05, 4.69) is 0 Å². The van der Waals surface area contributed by atoms with Crippen LogP contribution in [0.4, 0.5) is 0 Å². The Bertz CT molecular complexity index is 472. The molecule has 0 aliphatic heterocycles. The summed E-state index contributed by atoms with van der Waals surface area (Å²) in [6, 6.07) is 5.18. The molecule has 0 unspecified atom stereocenters. The van der Waals surface area contributed by atoms with E-state index in [-0.39, 0.29) is 17.6 Å². The highest BCUT2D eigenvalue weighted by atomic mass is 35.5. The highest BCUT2D eigenvalue weighted by Crippen LogP contribution is 2.33. The first-order valence-electron chi connectivity index (χ1n) is 5.70. The number of hydrogen-bond acceptors (Lipinski definition) is 3. The summed E-state index contributed by atoms with van der Waals surface area (Å²) in [6.07, 6.45) is -0.226. The van der Waals surface area contributed by atoms with Gasteiger partial charge in [-0.25, -0.2) is 0 Å². The molecule has 0 aliphatic rings. The second-order valence-corrected chi connectivity index (χ2v) is 5.68. The van der Waals surface area contributed by atoms with Gasteiger partial charge in [0.1, 0.15) is 18.0 Å². The fourth-order valence-corrected chi connectivity index (χ4v) is 1.72. The van der Waals surface area contributed by atoms with E-state index in [1.54, 1.807) is 12.1 Å². The number of Topliss-reactive ketones (excluding diaryl/α,β-unsaturated/α-hetero) is 1. The molecule has 0 aliphatic carbocycles. The summed E-state index contributed by atoms with van der Waals surface area (Å²) in [7, 11) is 0. The third-order valence-electron chi connectivity index (χ3n) is 2.37. The number of rotatable bonds is 3. The number of ketones is 1. The molecule has 0 atom stereocenters. The van der Waals surface area contributed by atoms with E-state index in [0.29, 0.717) is 10.8 Å². The Morgan fingerprint density at radius 2 is 1.89 bits per heavy atom. The van der Waals surface area contributed by atoms with Crippen LogP contribution in [0.2, 0.25) is 5.02 Å². The van der Waals surface area contributed by atoms with Crippen LogP contribution in [0.5, 0.6) is 5.75 Å². The molecule has 0 fully saturated rings. The zero-order chi connectivity index (χ0) is 13.9. The normalized spacial score (nSPS) is 11.2. The van der Waals surface area contributed by atoms with Gasteiger partial charge in [0.2, 0.25) is 0 Å². The van der Waals surface area contributed by atoms with Crippen LogP contribution < -0.4 is 4.74 Å². The summed E-state index contributed by atoms with van der Waals surface area (Å²) in [6.45, 7) is 7.39. The van der Waals surface area contributed by atoms with E-state index in [9.17, 15) is 9.59 Å². The maximum absolute atomic E-state index is 11.5. The number of carbonyl (C=O) groups is 2. The van der Waals surface area contributed by atoms with Gasteiger partial charge >= 0.3 is 5.97 Å². The zero-order valence-electron chi connectivity index (χ0n) is 11.0. The molecule has 1 rings (SSSR count). The minimum Gasteiger partial charge on any atom is -0.426 e. The second kappa shape index (κ2) is 5.53. The molecule has 0 bridgehead atoms. The van der Waals surface area contributed by atoms with E-state index in [0.717, 1.165) is 5.56 Å². The quantitative estimate of drug-likeness (QED) is 0.479. The molecule has 1 aromatic carbocycles. The van der Waals surface area contributed by atoms with Gasteiger partial charge in [-0.15, -0.1) is 0 Å². The van der Waals surface area contributed by atoms with Crippen molar-refractivity contribution in [1.82, 2.24) is 0 Å². The Kier molecular flexibility index (Phi) is 4.52. The number of ether oxygens (including phenoxy) is 1. The van der Waals surface area contributed by atoms with E-state index in [1.165, 1.54) is 6.92 Å². The van der Waals surface area contributed by atoms with Crippen LogP contribution in [-0.4, -0.2) is 11.8 Å². The summed E-state index contributed by atoms with van der Waals surface area (Å²) in [5, 5.41) is 0.494. The highest BCUT2D eigenvalue weighted by Gasteiger charge is 2.21. The minimum atomic E-state index is -0.560. The average molecular weight is 269 g/mol. The first-order chi connectivity index (χ1) is 8.20. The predicted octanol–water partition coefficient (Wildman–Crippen LogP) is 3.52. The van der Waals surface area contributed by atoms with Crippen molar-refractivity contribution in [2.24, 2.45) is 0 Å². The van der Waals surface area contributed by atoms with Crippen molar-refractivity contribution < 1.29 is 14.3 Å². The Balaban J connectivity index is 3.03. The minimum absolute atomic E-state index is 0.170. The van der Waals surface area contributed by atoms with Crippen molar-refractivity contribution in [2.75, 3.05) is 0 Å². The van der Waals surface area contributed by atoms with Crippen LogP contribution in [-0.2, 0) is 15.0 Å². The molecule has 98 valence electrons. The van der Waals surface area contributed by atoms with Gasteiger partial charge in [0, 0.05) is 10.6 Å². The lowest BCUT2D eigenvalue weighted by Crippen LogP contribution is -2.17. The van der Waals surface area contributed by atoms with Gasteiger partial charge in [0.05, 0.1) is 0 Å². The summed E-state index contributed by atoms with van der Waals surface area (Å²) in [4.78, 5) is 22.4. The molecule has 4 heteroatoms. The molecule has 3 nitrogen and oxygen atoms in total. The number of hydrogen-bond donors (Lipinski definition) is 0. The molecule has 0 aromatic heterocycles. The lowest BCUT2D eigenvalue weighted by molar-refractivity contribution is -0.137. The van der Waals surface area contributed by atoms with Gasteiger partial charge < -0.3 is 4.74 Å². The first kappa shape index (κ1) is 14.7. The van der Waals surface area contributed by atoms with Crippen molar-refractivity contribution in [1.29, 1.82) is 0 Å². The summed E-state index contributed by atoms with van der Waals surface area (Å²) in [5.74, 6) is -0.365. The number of benzene rings is 1. The van der Waals surface area contributed by atoms with Crippen molar-refractivity contribution in [2.45, 2.75) is 39.5 Å². The first-order valence-corrected chi connectivity index (χ1v) is 6.08. The zero-order valence-corrected chi connectivity index (χ0v) is 11.8. The highest BCUT2D eigenvalue weighted by molar-refractivity contribution is 6.30. The van der Waals surface area contributed by atoms with Gasteiger partial charge in [0.15, 0.2) is 0 Å². The Hall–Kier alpha value is -1.35. The molecule has 0 saturated carbocycles. The maximum Gasteiger partial charge on any atom is 0.318 e. The van der Waals surface area contributed by atoms with Crippen molar-refractivity contribution in [3.63, 3.8) is 0 Å². The maximum atomic E-state index is 11.5. The fourth-order valence-electron chi connectivity index (χ4n) is 1.56. The summed E-state index contributed by atoms with van der Waals surface area (Å²) < 4.78 is 5.22. The van der Waals surface area contributed by atoms with Crippen molar-refractivity contribution in [3.8, 4) is 5.75 Å². The SMILES string of the molecule is CC(=O)CC(=O)Oc1cc(Cl)ccc1C(C)(C)C. The van der Waals surface area contributed by atoms with E-state index in [1.807, 2.05) is 26.8 Å². The van der Waals surface area contributed by atoms with Crippen molar-refractivity contribution >= 4 is 23.4 Å². The molecule has 0 spiro atoms. The van der Waals surface area contributed by atoms with Crippen LogP contribution >= 0.6 is 11.6 Å². The number of halogens is 1. The van der Waals surface area contributed by atoms with Gasteiger partial charge in [-0.2, -0.15) is 0 Å². The topological polar surface area (TPSA) is 43.4 Å². The lowest BCUT2D eigenvalue weighted by Gasteiger charge is -2.22. The Morgan fingerprint density at radius 3 is 2.39 bits per heavy atom. The standard InChI is InChI=1S/C14H17ClO3/c1-9(16)7-13(17)18-12-8-10(15)5-6-11(12)14(2,3)4/h5-6,8H,7H2,1-4H3. The van der Waals surface area contributed by atoms with Crippen LogP contribution in [0.25, 0.3) is 0 Å². The van der Waals surface area contributed by atoms with Crippen molar-refractivity contribution in [3.05, 3.63) is 28.8 Å². The Labute approximate surface area is 112 Å². The molecule has 18 heavy (non-hydrogen) atoms. The summed E-state index contributed by atoms with van der Waals surface area (Å²) in [5.41, 5.74) is 0.708. The van der Waals surface area contributed by atoms with E-state index < -0.39 is 5.97 Å². The third-order valence-corrected chi connectivity index (χ3v) is 2.60. The monoisotopic (exact) mass is 268 g/mol.